The standard InChI is InChI=1S/C14H22N2O2S/c1-10(2)8-15-14(18-9-11(3)4)16-13(17)12-6-5-7-19-12/h5-7,10-11H,8-9H2,1-4H3,(H,15,16,17). The van der Waals surface area contributed by atoms with Gasteiger partial charge in [-0.3, -0.25) is 10.1 Å². The van der Waals surface area contributed by atoms with Gasteiger partial charge in [-0.2, -0.15) is 0 Å². The first-order valence-electron chi connectivity index (χ1n) is 6.51. The third-order valence-electron chi connectivity index (χ3n) is 2.12. The maximum Gasteiger partial charge on any atom is 0.291 e. The van der Waals surface area contributed by atoms with Crippen LogP contribution < -0.4 is 5.32 Å². The molecule has 4 nitrogen and oxygen atoms in total. The molecule has 1 amide bonds. The Kier molecular flexibility index (Phi) is 6.56. The van der Waals surface area contributed by atoms with E-state index in [9.17, 15) is 4.79 Å². The summed E-state index contributed by atoms with van der Waals surface area (Å²) in [4.78, 5) is 16.9. The van der Waals surface area contributed by atoms with Crippen molar-refractivity contribution in [3.8, 4) is 0 Å². The Labute approximate surface area is 118 Å². The number of thiophene rings is 1. The summed E-state index contributed by atoms with van der Waals surface area (Å²) in [5.41, 5.74) is 0. The molecule has 0 radical (unpaired) electrons. The number of aliphatic imine (C=N–C) groups is 1. The zero-order chi connectivity index (χ0) is 14.3. The van der Waals surface area contributed by atoms with Crippen LogP contribution in [0.25, 0.3) is 0 Å². The van der Waals surface area contributed by atoms with Gasteiger partial charge in [0.15, 0.2) is 0 Å². The maximum absolute atomic E-state index is 11.9. The van der Waals surface area contributed by atoms with Gasteiger partial charge in [0.05, 0.1) is 11.5 Å². The van der Waals surface area contributed by atoms with Gasteiger partial charge in [0.25, 0.3) is 11.9 Å². The van der Waals surface area contributed by atoms with Crippen LogP contribution in [0.1, 0.15) is 37.4 Å². The fourth-order valence-corrected chi connectivity index (χ4v) is 1.82. The van der Waals surface area contributed by atoms with Crippen molar-refractivity contribution in [1.82, 2.24) is 5.32 Å². The van der Waals surface area contributed by atoms with Gasteiger partial charge in [-0.1, -0.05) is 33.8 Å². The Morgan fingerprint density at radius 1 is 1.37 bits per heavy atom. The lowest BCUT2D eigenvalue weighted by Gasteiger charge is -2.12. The lowest BCUT2D eigenvalue weighted by molar-refractivity contribution is 0.0967. The average Bonchev–Trinajstić information content (AvgIpc) is 2.85. The molecule has 0 bridgehead atoms. The van der Waals surface area contributed by atoms with Crippen molar-refractivity contribution in [2.24, 2.45) is 16.8 Å². The van der Waals surface area contributed by atoms with E-state index in [1.54, 1.807) is 6.07 Å². The number of carbonyl (C=O) groups is 1. The molecule has 1 aromatic rings. The van der Waals surface area contributed by atoms with E-state index in [4.69, 9.17) is 4.74 Å². The molecule has 1 heterocycles. The first-order chi connectivity index (χ1) is 8.99. The fraction of sp³-hybridized carbons (Fsp3) is 0.571. The van der Waals surface area contributed by atoms with Crippen molar-refractivity contribution in [3.05, 3.63) is 22.4 Å². The van der Waals surface area contributed by atoms with Crippen molar-refractivity contribution in [2.75, 3.05) is 13.2 Å². The summed E-state index contributed by atoms with van der Waals surface area (Å²) in [6.45, 7) is 9.44. The Morgan fingerprint density at radius 2 is 2.11 bits per heavy atom. The Hall–Kier alpha value is -1.36. The molecule has 1 rings (SSSR count). The van der Waals surface area contributed by atoms with Gasteiger partial charge in [0, 0.05) is 6.54 Å². The van der Waals surface area contributed by atoms with E-state index < -0.39 is 0 Å². The molecule has 0 unspecified atom stereocenters. The molecule has 0 atom stereocenters. The van der Waals surface area contributed by atoms with Crippen LogP contribution in [-0.4, -0.2) is 25.1 Å². The third-order valence-corrected chi connectivity index (χ3v) is 2.99. The van der Waals surface area contributed by atoms with Gasteiger partial charge < -0.3 is 4.74 Å². The Bertz CT molecular complexity index is 411. The minimum Gasteiger partial charge on any atom is -0.465 e. The van der Waals surface area contributed by atoms with Gasteiger partial charge in [-0.15, -0.1) is 11.3 Å². The topological polar surface area (TPSA) is 50.7 Å². The number of hydrogen-bond donors (Lipinski definition) is 1. The van der Waals surface area contributed by atoms with Gasteiger partial charge in [0.2, 0.25) is 0 Å². The van der Waals surface area contributed by atoms with Crippen molar-refractivity contribution in [1.29, 1.82) is 0 Å². The summed E-state index contributed by atoms with van der Waals surface area (Å²) in [7, 11) is 0. The van der Waals surface area contributed by atoms with Crippen LogP contribution in [0.2, 0.25) is 0 Å². The molecule has 0 aliphatic carbocycles. The number of nitrogens with one attached hydrogen (secondary N) is 1. The summed E-state index contributed by atoms with van der Waals surface area (Å²) in [6, 6.07) is 3.95. The molecular weight excluding hydrogens is 260 g/mol. The van der Waals surface area contributed by atoms with Crippen LogP contribution in [0.3, 0.4) is 0 Å². The van der Waals surface area contributed by atoms with Crippen molar-refractivity contribution in [3.63, 3.8) is 0 Å². The number of nitrogens with zero attached hydrogens (tertiary/aromatic N) is 1. The smallest absolute Gasteiger partial charge is 0.291 e. The summed E-state index contributed by atoms with van der Waals surface area (Å²) in [5, 5.41) is 4.60. The van der Waals surface area contributed by atoms with Crippen LogP contribution in [0, 0.1) is 11.8 Å². The van der Waals surface area contributed by atoms with Crippen LogP contribution in [-0.2, 0) is 4.74 Å². The lowest BCUT2D eigenvalue weighted by Crippen LogP contribution is -2.33. The Balaban J connectivity index is 2.62. The maximum atomic E-state index is 11.9. The predicted octanol–water partition coefficient (Wildman–Crippen LogP) is 3.16. The van der Waals surface area contributed by atoms with Crippen LogP contribution in [0.4, 0.5) is 0 Å². The number of hydrogen-bond acceptors (Lipinski definition) is 4. The third kappa shape index (κ3) is 6.38. The van der Waals surface area contributed by atoms with Gasteiger partial charge >= 0.3 is 0 Å². The van der Waals surface area contributed by atoms with Crippen molar-refractivity contribution >= 4 is 23.3 Å². The molecule has 0 saturated carbocycles. The van der Waals surface area contributed by atoms with Gasteiger partial charge in [0.1, 0.15) is 0 Å². The van der Waals surface area contributed by atoms with E-state index >= 15 is 0 Å². The number of ether oxygens (including phenoxy) is 1. The highest BCUT2D eigenvalue weighted by Crippen LogP contribution is 2.08. The molecule has 0 saturated heterocycles. The second-order valence-electron chi connectivity index (χ2n) is 5.18. The predicted molar refractivity (Wildman–Crippen MR) is 79.7 cm³/mol. The van der Waals surface area contributed by atoms with Crippen molar-refractivity contribution < 1.29 is 9.53 Å². The quantitative estimate of drug-likeness (QED) is 0.666. The molecule has 1 aromatic heterocycles. The van der Waals surface area contributed by atoms with Gasteiger partial charge in [-0.25, -0.2) is 4.99 Å². The van der Waals surface area contributed by atoms with Crippen LogP contribution in [0.5, 0.6) is 0 Å². The molecule has 0 spiro atoms. The summed E-state index contributed by atoms with van der Waals surface area (Å²) in [6.07, 6.45) is 0. The number of amides is 1. The highest BCUT2D eigenvalue weighted by atomic mass is 32.1. The molecule has 1 N–H and O–H groups in total. The zero-order valence-corrected chi connectivity index (χ0v) is 12.8. The molecule has 0 aromatic carbocycles. The minimum absolute atomic E-state index is 0.165. The van der Waals surface area contributed by atoms with Gasteiger partial charge in [-0.05, 0) is 23.3 Å². The zero-order valence-electron chi connectivity index (χ0n) is 12.0. The SMILES string of the molecule is CC(C)CN=C(NC(=O)c1cccs1)OCC(C)C. The van der Waals surface area contributed by atoms with E-state index in [1.807, 2.05) is 11.4 Å². The largest absolute Gasteiger partial charge is 0.465 e. The Morgan fingerprint density at radius 3 is 2.63 bits per heavy atom. The van der Waals surface area contributed by atoms with E-state index in [0.717, 1.165) is 0 Å². The van der Waals surface area contributed by atoms with Crippen molar-refractivity contribution in [2.45, 2.75) is 27.7 Å². The molecule has 19 heavy (non-hydrogen) atoms. The average molecular weight is 282 g/mol. The number of carbonyl (C=O) groups excluding carboxylic acids is 1. The summed E-state index contributed by atoms with van der Waals surface area (Å²) >= 11 is 1.40. The van der Waals surface area contributed by atoms with Crippen LogP contribution in [0.15, 0.2) is 22.5 Å². The second-order valence-corrected chi connectivity index (χ2v) is 6.12. The van der Waals surface area contributed by atoms with E-state index in [-0.39, 0.29) is 5.91 Å². The normalized spacial score (nSPS) is 12.0. The minimum atomic E-state index is -0.165. The molecular formula is C14H22N2O2S. The first-order valence-corrected chi connectivity index (χ1v) is 7.39. The number of amidine groups is 1. The highest BCUT2D eigenvalue weighted by molar-refractivity contribution is 7.12. The summed E-state index contributed by atoms with van der Waals surface area (Å²) in [5.74, 6) is 0.653. The molecule has 0 aliphatic rings. The molecule has 0 fully saturated rings. The molecule has 0 aliphatic heterocycles. The first kappa shape index (κ1) is 15.7. The lowest BCUT2D eigenvalue weighted by atomic mass is 10.2. The van der Waals surface area contributed by atoms with E-state index in [1.165, 1.54) is 11.3 Å². The summed E-state index contributed by atoms with van der Waals surface area (Å²) < 4.78 is 5.55. The fourth-order valence-electron chi connectivity index (χ4n) is 1.20. The highest BCUT2D eigenvalue weighted by Gasteiger charge is 2.11. The van der Waals surface area contributed by atoms with Crippen LogP contribution >= 0.6 is 11.3 Å². The van der Waals surface area contributed by atoms with E-state index in [0.29, 0.717) is 35.9 Å². The molecule has 106 valence electrons. The second kappa shape index (κ2) is 7.94. The monoisotopic (exact) mass is 282 g/mol. The number of rotatable bonds is 5. The molecule has 5 heteroatoms. The van der Waals surface area contributed by atoms with E-state index in [2.05, 4.69) is 38.0 Å².